The summed E-state index contributed by atoms with van der Waals surface area (Å²) in [6.45, 7) is 0. The first-order chi connectivity index (χ1) is 7.70. The summed E-state index contributed by atoms with van der Waals surface area (Å²) >= 11 is 0. The fourth-order valence-electron chi connectivity index (χ4n) is 1.24. The highest BCUT2D eigenvalue weighted by Gasteiger charge is 2.10. The highest BCUT2D eigenvalue weighted by atomic mass is 19.3. The van der Waals surface area contributed by atoms with Crippen molar-refractivity contribution in [1.29, 1.82) is 0 Å². The second-order valence-corrected chi connectivity index (χ2v) is 3.08. The lowest BCUT2D eigenvalue weighted by atomic mass is 10.3. The summed E-state index contributed by atoms with van der Waals surface area (Å²) in [6, 6.07) is 2.76. The van der Waals surface area contributed by atoms with Gasteiger partial charge in [0.05, 0.1) is 17.4 Å². The van der Waals surface area contributed by atoms with Crippen LogP contribution >= 0.6 is 0 Å². The van der Waals surface area contributed by atoms with Gasteiger partial charge in [0.1, 0.15) is 5.69 Å². The molecule has 2 aromatic rings. The highest BCUT2D eigenvalue weighted by Crippen LogP contribution is 2.18. The van der Waals surface area contributed by atoms with Crippen LogP contribution in [0.25, 0.3) is 5.69 Å². The quantitative estimate of drug-likeness (QED) is 0.748. The molecule has 0 amide bonds. The molecular weight excluding hydrogens is 216 g/mol. The molecule has 0 saturated heterocycles. The van der Waals surface area contributed by atoms with Crippen molar-refractivity contribution in [1.82, 2.24) is 14.8 Å². The topological polar surface area (TPSA) is 47.8 Å². The van der Waals surface area contributed by atoms with Crippen LogP contribution in [0.4, 0.5) is 8.78 Å². The Bertz CT molecular complexity index is 510. The van der Waals surface area contributed by atoms with Gasteiger partial charge in [0.2, 0.25) is 0 Å². The number of hydrogen-bond acceptors (Lipinski definition) is 3. The zero-order chi connectivity index (χ0) is 11.5. The highest BCUT2D eigenvalue weighted by molar-refractivity contribution is 5.73. The van der Waals surface area contributed by atoms with Crippen molar-refractivity contribution in [2.45, 2.75) is 6.43 Å². The minimum absolute atomic E-state index is 0.319. The van der Waals surface area contributed by atoms with E-state index < -0.39 is 6.43 Å². The van der Waals surface area contributed by atoms with Gasteiger partial charge in [-0.1, -0.05) is 0 Å². The van der Waals surface area contributed by atoms with Crippen LogP contribution in [-0.4, -0.2) is 21.1 Å². The van der Waals surface area contributed by atoms with Crippen LogP contribution in [0.2, 0.25) is 0 Å². The van der Waals surface area contributed by atoms with Gasteiger partial charge in [-0.25, -0.2) is 13.5 Å². The number of halogens is 2. The zero-order valence-corrected chi connectivity index (χ0v) is 8.05. The number of alkyl halides is 2. The van der Waals surface area contributed by atoms with Crippen LogP contribution in [0.5, 0.6) is 0 Å². The number of pyridine rings is 1. The molecule has 0 aliphatic rings. The van der Waals surface area contributed by atoms with E-state index in [1.54, 1.807) is 0 Å². The third-order valence-electron chi connectivity index (χ3n) is 1.99. The number of hydrogen-bond donors (Lipinski definition) is 0. The summed E-state index contributed by atoms with van der Waals surface area (Å²) in [5.41, 5.74) is 0.509. The SMILES string of the molecule is O=Cc1cnn(-c2ccnc(C(F)F)c2)c1. The Morgan fingerprint density at radius 3 is 2.88 bits per heavy atom. The molecular formula is C10H7F2N3O. The Hall–Kier alpha value is -2.11. The Morgan fingerprint density at radius 1 is 1.44 bits per heavy atom. The summed E-state index contributed by atoms with van der Waals surface area (Å²) in [5.74, 6) is 0. The van der Waals surface area contributed by atoms with Gasteiger partial charge >= 0.3 is 0 Å². The van der Waals surface area contributed by atoms with Gasteiger partial charge in [-0.15, -0.1) is 0 Å². The summed E-state index contributed by atoms with van der Waals surface area (Å²) in [6.07, 6.45) is 2.10. The number of aromatic nitrogens is 3. The van der Waals surface area contributed by atoms with Gasteiger partial charge < -0.3 is 0 Å². The lowest BCUT2D eigenvalue weighted by Gasteiger charge is -2.03. The van der Waals surface area contributed by atoms with Crippen molar-refractivity contribution in [3.8, 4) is 5.69 Å². The van der Waals surface area contributed by atoms with Gasteiger partial charge in [-0.05, 0) is 12.1 Å². The lowest BCUT2D eigenvalue weighted by Crippen LogP contribution is -1.97. The molecule has 0 unspecified atom stereocenters. The molecule has 0 bridgehead atoms. The standard InChI is InChI=1S/C10H7F2N3O/c11-10(12)9-3-8(1-2-13-9)15-5-7(6-16)4-14-15/h1-6,10H. The Labute approximate surface area is 89.5 Å². The largest absolute Gasteiger partial charge is 0.298 e. The van der Waals surface area contributed by atoms with Gasteiger partial charge in [-0.2, -0.15) is 5.10 Å². The monoisotopic (exact) mass is 223 g/mol. The van der Waals surface area contributed by atoms with E-state index in [9.17, 15) is 13.6 Å². The number of aldehydes is 1. The van der Waals surface area contributed by atoms with E-state index in [1.165, 1.54) is 35.4 Å². The number of carbonyl (C=O) groups is 1. The van der Waals surface area contributed by atoms with E-state index in [2.05, 4.69) is 10.1 Å². The molecule has 0 spiro atoms. The van der Waals surface area contributed by atoms with Crippen molar-refractivity contribution in [2.75, 3.05) is 0 Å². The van der Waals surface area contributed by atoms with E-state index in [1.807, 2.05) is 0 Å². The van der Waals surface area contributed by atoms with E-state index in [0.29, 0.717) is 17.5 Å². The third kappa shape index (κ3) is 1.95. The first-order valence-electron chi connectivity index (χ1n) is 4.45. The van der Waals surface area contributed by atoms with Crippen molar-refractivity contribution in [2.24, 2.45) is 0 Å². The van der Waals surface area contributed by atoms with Crippen molar-refractivity contribution in [3.05, 3.63) is 42.0 Å². The first-order valence-corrected chi connectivity index (χ1v) is 4.45. The van der Waals surface area contributed by atoms with Crippen LogP contribution < -0.4 is 0 Å². The predicted molar refractivity (Wildman–Crippen MR) is 51.7 cm³/mol. The molecule has 0 aromatic carbocycles. The lowest BCUT2D eigenvalue weighted by molar-refractivity contribution is 0.112. The number of rotatable bonds is 3. The molecule has 0 aliphatic carbocycles. The second-order valence-electron chi connectivity index (χ2n) is 3.08. The van der Waals surface area contributed by atoms with Crippen molar-refractivity contribution < 1.29 is 13.6 Å². The van der Waals surface area contributed by atoms with E-state index >= 15 is 0 Å². The Morgan fingerprint density at radius 2 is 2.25 bits per heavy atom. The molecule has 0 N–H and O–H groups in total. The molecule has 4 nitrogen and oxygen atoms in total. The minimum atomic E-state index is -2.62. The first kappa shape index (κ1) is 10.4. The summed E-state index contributed by atoms with van der Waals surface area (Å²) in [4.78, 5) is 14.0. The molecule has 6 heteroatoms. The molecule has 0 aliphatic heterocycles. The Balaban J connectivity index is 2.39. The molecule has 16 heavy (non-hydrogen) atoms. The van der Waals surface area contributed by atoms with Gasteiger partial charge in [0.25, 0.3) is 6.43 Å². The van der Waals surface area contributed by atoms with Crippen LogP contribution in [0, 0.1) is 0 Å². The van der Waals surface area contributed by atoms with Gasteiger partial charge in [0, 0.05) is 12.4 Å². The van der Waals surface area contributed by atoms with Crippen LogP contribution in [0.15, 0.2) is 30.7 Å². The fraction of sp³-hybridized carbons (Fsp3) is 0.100. The van der Waals surface area contributed by atoms with Gasteiger partial charge in [0.15, 0.2) is 6.29 Å². The minimum Gasteiger partial charge on any atom is -0.298 e. The van der Waals surface area contributed by atoms with E-state index in [4.69, 9.17) is 0 Å². The normalized spacial score (nSPS) is 10.7. The average molecular weight is 223 g/mol. The summed E-state index contributed by atoms with van der Waals surface area (Å²) in [5, 5.41) is 3.87. The number of carbonyl (C=O) groups excluding carboxylic acids is 1. The molecule has 2 rings (SSSR count). The Kier molecular flexibility index (Phi) is 2.72. The molecule has 0 fully saturated rings. The third-order valence-corrected chi connectivity index (χ3v) is 1.99. The molecule has 0 radical (unpaired) electrons. The molecule has 2 aromatic heterocycles. The molecule has 0 saturated carbocycles. The van der Waals surface area contributed by atoms with Crippen LogP contribution in [-0.2, 0) is 0 Å². The summed E-state index contributed by atoms with van der Waals surface area (Å²) < 4.78 is 26.1. The van der Waals surface area contributed by atoms with Crippen molar-refractivity contribution >= 4 is 6.29 Å². The van der Waals surface area contributed by atoms with E-state index in [-0.39, 0.29) is 5.69 Å². The van der Waals surface area contributed by atoms with Crippen LogP contribution in [0.1, 0.15) is 22.5 Å². The maximum atomic E-state index is 12.4. The molecule has 2 heterocycles. The molecule has 0 atom stereocenters. The van der Waals surface area contributed by atoms with Gasteiger partial charge in [-0.3, -0.25) is 9.78 Å². The molecule has 82 valence electrons. The van der Waals surface area contributed by atoms with Crippen LogP contribution in [0.3, 0.4) is 0 Å². The average Bonchev–Trinajstić information content (AvgIpc) is 2.77. The number of nitrogens with zero attached hydrogens (tertiary/aromatic N) is 3. The van der Waals surface area contributed by atoms with Crippen molar-refractivity contribution in [3.63, 3.8) is 0 Å². The summed E-state index contributed by atoms with van der Waals surface area (Å²) in [7, 11) is 0. The van der Waals surface area contributed by atoms with E-state index in [0.717, 1.165) is 0 Å². The maximum absolute atomic E-state index is 12.4. The zero-order valence-electron chi connectivity index (χ0n) is 8.05. The smallest absolute Gasteiger partial charge is 0.280 e. The predicted octanol–water partition coefficient (Wildman–Crippen LogP) is 2.02. The fourth-order valence-corrected chi connectivity index (χ4v) is 1.24. The maximum Gasteiger partial charge on any atom is 0.280 e. The second kappa shape index (κ2) is 4.18.